The van der Waals surface area contributed by atoms with Gasteiger partial charge in [-0.25, -0.2) is 4.68 Å². The van der Waals surface area contributed by atoms with E-state index in [0.29, 0.717) is 0 Å². The van der Waals surface area contributed by atoms with Crippen LogP contribution in [0.2, 0.25) is 0 Å². The van der Waals surface area contributed by atoms with Crippen LogP contribution in [0, 0.1) is 6.92 Å². The lowest BCUT2D eigenvalue weighted by molar-refractivity contribution is 0.879. The molecular formula is C11H13N3. The maximum atomic E-state index is 4.25. The number of hydrogen-bond donors (Lipinski definition) is 1. The monoisotopic (exact) mass is 187 g/mol. The Labute approximate surface area is 83.4 Å². The quantitative estimate of drug-likeness (QED) is 0.781. The molecule has 0 bridgehead atoms. The van der Waals surface area contributed by atoms with Crippen LogP contribution in [0.4, 0.5) is 5.69 Å². The summed E-state index contributed by atoms with van der Waals surface area (Å²) in [5.41, 5.74) is 3.35. The summed E-state index contributed by atoms with van der Waals surface area (Å²) in [5, 5.41) is 7.30. The number of nitrogens with one attached hydrogen (secondary N) is 1. The predicted molar refractivity (Wildman–Crippen MR) is 57.8 cm³/mol. The van der Waals surface area contributed by atoms with Gasteiger partial charge < -0.3 is 5.32 Å². The van der Waals surface area contributed by atoms with E-state index in [4.69, 9.17) is 0 Å². The summed E-state index contributed by atoms with van der Waals surface area (Å²) < 4.78 is 1.86. The van der Waals surface area contributed by atoms with Crippen molar-refractivity contribution in [3.63, 3.8) is 0 Å². The van der Waals surface area contributed by atoms with Gasteiger partial charge >= 0.3 is 0 Å². The van der Waals surface area contributed by atoms with Crippen LogP contribution in [0.3, 0.4) is 0 Å². The van der Waals surface area contributed by atoms with E-state index in [-0.39, 0.29) is 0 Å². The topological polar surface area (TPSA) is 29.9 Å². The van der Waals surface area contributed by atoms with Crippen molar-refractivity contribution in [1.82, 2.24) is 9.78 Å². The van der Waals surface area contributed by atoms with Gasteiger partial charge in [-0.3, -0.25) is 0 Å². The Balaban J connectivity index is 2.39. The number of aryl methyl sites for hydroxylation is 1. The highest BCUT2D eigenvalue weighted by atomic mass is 15.3. The van der Waals surface area contributed by atoms with E-state index in [1.165, 1.54) is 5.56 Å². The molecule has 0 amide bonds. The molecule has 14 heavy (non-hydrogen) atoms. The fraction of sp³-hybridized carbons (Fsp3) is 0.182. The number of anilines is 1. The Morgan fingerprint density at radius 3 is 2.86 bits per heavy atom. The van der Waals surface area contributed by atoms with Gasteiger partial charge in [0, 0.05) is 7.05 Å². The fourth-order valence-electron chi connectivity index (χ4n) is 1.36. The molecule has 0 aliphatic carbocycles. The lowest BCUT2D eigenvalue weighted by Gasteiger charge is -2.01. The number of nitrogens with zero attached hydrogens (tertiary/aromatic N) is 2. The summed E-state index contributed by atoms with van der Waals surface area (Å²) in [6.45, 7) is 2.08. The van der Waals surface area contributed by atoms with Crippen LogP contribution in [0.1, 0.15) is 5.56 Å². The molecule has 0 atom stereocenters. The summed E-state index contributed by atoms with van der Waals surface area (Å²) in [4.78, 5) is 0. The van der Waals surface area contributed by atoms with Gasteiger partial charge in [0.1, 0.15) is 0 Å². The second-order valence-corrected chi connectivity index (χ2v) is 3.26. The average molecular weight is 187 g/mol. The molecule has 0 aliphatic rings. The highest BCUT2D eigenvalue weighted by Gasteiger charge is 1.98. The molecule has 0 saturated carbocycles. The number of aromatic nitrogens is 2. The first-order valence-electron chi connectivity index (χ1n) is 4.59. The van der Waals surface area contributed by atoms with E-state index < -0.39 is 0 Å². The molecule has 0 aliphatic heterocycles. The molecule has 1 aromatic carbocycles. The molecule has 72 valence electrons. The van der Waals surface area contributed by atoms with Crippen molar-refractivity contribution < 1.29 is 0 Å². The van der Waals surface area contributed by atoms with E-state index in [1.54, 1.807) is 0 Å². The average Bonchev–Trinajstić information content (AvgIpc) is 2.66. The molecule has 2 rings (SSSR count). The third kappa shape index (κ3) is 1.62. The summed E-state index contributed by atoms with van der Waals surface area (Å²) in [7, 11) is 1.89. The summed E-state index contributed by atoms with van der Waals surface area (Å²) >= 11 is 0. The summed E-state index contributed by atoms with van der Waals surface area (Å²) in [5.74, 6) is 0. The van der Waals surface area contributed by atoms with Gasteiger partial charge in [0.15, 0.2) is 0 Å². The minimum atomic E-state index is 1.02. The van der Waals surface area contributed by atoms with Gasteiger partial charge in [-0.2, -0.15) is 5.10 Å². The minimum absolute atomic E-state index is 1.02. The Morgan fingerprint density at radius 2 is 2.21 bits per heavy atom. The molecule has 0 saturated heterocycles. The van der Waals surface area contributed by atoms with Gasteiger partial charge in [-0.05, 0) is 24.6 Å². The van der Waals surface area contributed by atoms with Crippen LogP contribution in [0.5, 0.6) is 0 Å². The number of benzene rings is 1. The second-order valence-electron chi connectivity index (χ2n) is 3.26. The van der Waals surface area contributed by atoms with Crippen LogP contribution in [-0.2, 0) is 0 Å². The molecule has 1 aromatic heterocycles. The Hall–Kier alpha value is -1.77. The molecular weight excluding hydrogens is 174 g/mol. The zero-order chi connectivity index (χ0) is 9.97. The standard InChI is InChI=1S/C11H13N3/c1-9-4-3-5-11(6-9)14-8-10(12-2)7-13-14/h3-8,12H,1-2H3. The third-order valence-electron chi connectivity index (χ3n) is 2.14. The normalized spacial score (nSPS) is 10.1. The second kappa shape index (κ2) is 3.54. The van der Waals surface area contributed by atoms with Crippen molar-refractivity contribution in [3.05, 3.63) is 42.2 Å². The zero-order valence-electron chi connectivity index (χ0n) is 8.36. The van der Waals surface area contributed by atoms with Crippen molar-refractivity contribution in [2.75, 3.05) is 12.4 Å². The Morgan fingerprint density at radius 1 is 1.36 bits per heavy atom. The van der Waals surface area contributed by atoms with Crippen LogP contribution in [0.15, 0.2) is 36.7 Å². The zero-order valence-corrected chi connectivity index (χ0v) is 8.36. The van der Waals surface area contributed by atoms with E-state index in [2.05, 4.69) is 29.5 Å². The molecule has 2 aromatic rings. The highest BCUT2D eigenvalue weighted by molar-refractivity contribution is 5.42. The first kappa shape index (κ1) is 8.81. The number of rotatable bonds is 2. The minimum Gasteiger partial charge on any atom is -0.386 e. The van der Waals surface area contributed by atoms with Crippen LogP contribution in [-0.4, -0.2) is 16.8 Å². The molecule has 3 heteroatoms. The van der Waals surface area contributed by atoms with Gasteiger partial charge in [0.2, 0.25) is 0 Å². The van der Waals surface area contributed by atoms with Crippen molar-refractivity contribution in [3.8, 4) is 5.69 Å². The van der Waals surface area contributed by atoms with Gasteiger partial charge in [-0.15, -0.1) is 0 Å². The third-order valence-corrected chi connectivity index (χ3v) is 2.14. The SMILES string of the molecule is CNc1cnn(-c2cccc(C)c2)c1. The molecule has 1 heterocycles. The maximum absolute atomic E-state index is 4.25. The molecule has 0 radical (unpaired) electrons. The molecule has 1 N–H and O–H groups in total. The summed E-state index contributed by atoms with van der Waals surface area (Å²) in [6, 6.07) is 8.25. The predicted octanol–water partition coefficient (Wildman–Crippen LogP) is 2.22. The maximum Gasteiger partial charge on any atom is 0.0728 e. The van der Waals surface area contributed by atoms with E-state index >= 15 is 0 Å². The van der Waals surface area contributed by atoms with Crippen molar-refractivity contribution in [1.29, 1.82) is 0 Å². The van der Waals surface area contributed by atoms with Gasteiger partial charge in [0.25, 0.3) is 0 Å². The van der Waals surface area contributed by atoms with E-state index in [0.717, 1.165) is 11.4 Å². The Bertz CT molecular complexity index is 432. The van der Waals surface area contributed by atoms with Gasteiger partial charge in [0.05, 0.1) is 23.8 Å². The molecule has 0 fully saturated rings. The van der Waals surface area contributed by atoms with Crippen LogP contribution in [0.25, 0.3) is 5.69 Å². The Kier molecular flexibility index (Phi) is 2.23. The van der Waals surface area contributed by atoms with Crippen LogP contribution >= 0.6 is 0 Å². The van der Waals surface area contributed by atoms with E-state index in [9.17, 15) is 0 Å². The van der Waals surface area contributed by atoms with Gasteiger partial charge in [-0.1, -0.05) is 12.1 Å². The lowest BCUT2D eigenvalue weighted by Crippen LogP contribution is -1.94. The smallest absolute Gasteiger partial charge is 0.0728 e. The molecule has 0 spiro atoms. The first-order valence-corrected chi connectivity index (χ1v) is 4.59. The van der Waals surface area contributed by atoms with Crippen molar-refractivity contribution in [2.24, 2.45) is 0 Å². The van der Waals surface area contributed by atoms with Crippen LogP contribution < -0.4 is 5.32 Å². The summed E-state index contributed by atoms with van der Waals surface area (Å²) in [6.07, 6.45) is 3.77. The molecule has 3 nitrogen and oxygen atoms in total. The molecule has 0 unspecified atom stereocenters. The first-order chi connectivity index (χ1) is 6.79. The largest absolute Gasteiger partial charge is 0.386 e. The highest BCUT2D eigenvalue weighted by Crippen LogP contribution is 2.12. The van der Waals surface area contributed by atoms with E-state index in [1.807, 2.05) is 36.3 Å². The van der Waals surface area contributed by atoms with Crippen molar-refractivity contribution >= 4 is 5.69 Å². The van der Waals surface area contributed by atoms with Crippen molar-refractivity contribution in [2.45, 2.75) is 6.92 Å². The number of hydrogen-bond acceptors (Lipinski definition) is 2. The fourth-order valence-corrected chi connectivity index (χ4v) is 1.36. The lowest BCUT2D eigenvalue weighted by atomic mass is 10.2.